The average molecular weight is 574 g/mol. The van der Waals surface area contributed by atoms with Gasteiger partial charge in [-0.15, -0.1) is 0 Å². The fourth-order valence-electron chi connectivity index (χ4n) is 7.06. The third kappa shape index (κ3) is 5.96. The Bertz CT molecular complexity index is 1490. The van der Waals surface area contributed by atoms with Gasteiger partial charge in [0.1, 0.15) is 5.82 Å². The molecule has 1 aliphatic heterocycles. The minimum Gasteiger partial charge on any atom is -0.393 e. The first-order valence-corrected chi connectivity index (χ1v) is 15.2. The first-order chi connectivity index (χ1) is 20.4. The van der Waals surface area contributed by atoms with Crippen LogP contribution in [0.1, 0.15) is 62.8 Å². The van der Waals surface area contributed by atoms with Crippen LogP contribution in [-0.2, 0) is 16.1 Å². The Balaban J connectivity index is 1.09. The lowest BCUT2D eigenvalue weighted by atomic mass is 9.73. The lowest BCUT2D eigenvalue weighted by Crippen LogP contribution is -2.45. The van der Waals surface area contributed by atoms with Gasteiger partial charge in [-0.2, -0.15) is 0 Å². The summed E-state index contributed by atoms with van der Waals surface area (Å²) in [6, 6.07) is 13.3. The monoisotopic (exact) mass is 573 g/mol. The second-order valence-corrected chi connectivity index (χ2v) is 12.2. The van der Waals surface area contributed by atoms with Gasteiger partial charge in [-0.1, -0.05) is 30.3 Å². The normalized spacial score (nSPS) is 26.8. The highest BCUT2D eigenvalue weighted by Crippen LogP contribution is 2.39. The summed E-state index contributed by atoms with van der Waals surface area (Å²) < 4.78 is 1.58. The molecule has 2 saturated carbocycles. The van der Waals surface area contributed by atoms with Crippen LogP contribution >= 0.6 is 0 Å². The van der Waals surface area contributed by atoms with Crippen molar-refractivity contribution in [3.63, 3.8) is 0 Å². The molecule has 3 fully saturated rings. The topological polar surface area (TPSA) is 138 Å². The van der Waals surface area contributed by atoms with Crippen molar-refractivity contribution in [2.24, 2.45) is 17.8 Å². The Hall–Kier alpha value is -3.63. The van der Waals surface area contributed by atoms with Crippen molar-refractivity contribution in [2.75, 3.05) is 18.4 Å². The summed E-state index contributed by atoms with van der Waals surface area (Å²) in [7, 11) is 0. The van der Waals surface area contributed by atoms with Crippen LogP contribution in [0.3, 0.4) is 0 Å². The van der Waals surface area contributed by atoms with E-state index in [1.165, 1.54) is 0 Å². The number of hydrogen-bond donors (Lipinski definition) is 3. The van der Waals surface area contributed by atoms with Crippen LogP contribution in [-0.4, -0.2) is 66.8 Å². The Morgan fingerprint density at radius 3 is 2.45 bits per heavy atom. The molecule has 2 amide bonds. The van der Waals surface area contributed by atoms with Crippen molar-refractivity contribution in [3.05, 3.63) is 64.7 Å². The van der Waals surface area contributed by atoms with E-state index < -0.39 is 12.0 Å². The summed E-state index contributed by atoms with van der Waals surface area (Å²) in [5, 5.41) is 23.1. The van der Waals surface area contributed by atoms with Crippen molar-refractivity contribution >= 4 is 28.7 Å². The number of nitrogens with zero attached hydrogens (tertiary/aromatic N) is 4. The Kier molecular flexibility index (Phi) is 8.35. The highest BCUT2D eigenvalue weighted by atomic mass is 16.3. The van der Waals surface area contributed by atoms with Crippen LogP contribution in [0.2, 0.25) is 0 Å². The molecule has 10 heteroatoms. The summed E-state index contributed by atoms with van der Waals surface area (Å²) in [5.74, 6) is -0.181. The standard InChI is InChI=1S/C32H39N5O5/c38-22-9-10-23(25(17-22)21-5-2-1-3-6-21)31(41)36-15-13-20(14-16-36)18-37-19-33-26-11-12-28(34-29(26)32(37)42)35-30(40)24-7-4-8-27(24)39/h1-3,5-6,11-12,19-20,22-25,27,38-39H,4,7-10,13-18H2,(H,34,35,40). The number of anilines is 1. The fraction of sp³-hybridized carbons (Fsp3) is 0.531. The van der Waals surface area contributed by atoms with Gasteiger partial charge in [0.25, 0.3) is 5.56 Å². The summed E-state index contributed by atoms with van der Waals surface area (Å²) in [6.45, 7) is 1.77. The van der Waals surface area contributed by atoms with Gasteiger partial charge in [-0.05, 0) is 80.9 Å². The van der Waals surface area contributed by atoms with E-state index >= 15 is 0 Å². The van der Waals surface area contributed by atoms with Crippen LogP contribution in [0, 0.1) is 17.8 Å². The molecule has 0 spiro atoms. The highest BCUT2D eigenvalue weighted by molar-refractivity contribution is 5.93. The fourth-order valence-corrected chi connectivity index (χ4v) is 7.06. The summed E-state index contributed by atoms with van der Waals surface area (Å²) in [5.41, 5.74) is 1.50. The number of aromatic nitrogens is 3. The molecule has 222 valence electrons. The molecule has 0 radical (unpaired) electrons. The maximum Gasteiger partial charge on any atom is 0.279 e. The van der Waals surface area contributed by atoms with Crippen molar-refractivity contribution < 1.29 is 19.8 Å². The minimum atomic E-state index is -0.646. The van der Waals surface area contributed by atoms with E-state index in [-0.39, 0.29) is 52.6 Å². The predicted molar refractivity (Wildman–Crippen MR) is 158 cm³/mol. The smallest absolute Gasteiger partial charge is 0.279 e. The zero-order chi connectivity index (χ0) is 29.2. The maximum absolute atomic E-state index is 13.6. The third-order valence-electron chi connectivity index (χ3n) is 9.49. The number of amides is 2. The van der Waals surface area contributed by atoms with Gasteiger partial charge in [0.2, 0.25) is 11.8 Å². The van der Waals surface area contributed by atoms with E-state index in [9.17, 15) is 24.6 Å². The molecule has 1 aromatic carbocycles. The van der Waals surface area contributed by atoms with Gasteiger partial charge in [0.05, 0.1) is 30.0 Å². The molecule has 5 atom stereocenters. The van der Waals surface area contributed by atoms with Crippen molar-refractivity contribution in [1.82, 2.24) is 19.4 Å². The van der Waals surface area contributed by atoms with E-state index in [1.54, 1.807) is 23.0 Å². The molecule has 1 saturated heterocycles. The van der Waals surface area contributed by atoms with E-state index in [1.807, 2.05) is 23.1 Å². The van der Waals surface area contributed by atoms with E-state index in [0.717, 1.165) is 24.8 Å². The number of aliphatic hydroxyl groups is 2. The summed E-state index contributed by atoms with van der Waals surface area (Å²) in [6.07, 6.45) is 6.11. The number of benzene rings is 1. The van der Waals surface area contributed by atoms with Gasteiger partial charge in [-0.25, -0.2) is 9.97 Å². The van der Waals surface area contributed by atoms with Crippen LogP contribution in [0.25, 0.3) is 11.0 Å². The molecule has 3 N–H and O–H groups in total. The van der Waals surface area contributed by atoms with Crippen molar-refractivity contribution in [1.29, 1.82) is 0 Å². The average Bonchev–Trinajstić information content (AvgIpc) is 3.45. The Morgan fingerprint density at radius 2 is 1.71 bits per heavy atom. The van der Waals surface area contributed by atoms with E-state index in [4.69, 9.17) is 0 Å². The zero-order valence-corrected chi connectivity index (χ0v) is 23.8. The van der Waals surface area contributed by atoms with Gasteiger partial charge < -0.3 is 20.4 Å². The zero-order valence-electron chi connectivity index (χ0n) is 23.8. The van der Waals surface area contributed by atoms with Gasteiger partial charge in [0.15, 0.2) is 5.52 Å². The maximum atomic E-state index is 13.6. The lowest BCUT2D eigenvalue weighted by molar-refractivity contribution is -0.139. The predicted octanol–water partition coefficient (Wildman–Crippen LogP) is 3.07. The van der Waals surface area contributed by atoms with Gasteiger partial charge >= 0.3 is 0 Å². The molecule has 6 rings (SSSR count). The molecule has 3 heterocycles. The van der Waals surface area contributed by atoms with Crippen molar-refractivity contribution in [3.8, 4) is 0 Å². The first kappa shape index (κ1) is 28.5. The summed E-state index contributed by atoms with van der Waals surface area (Å²) >= 11 is 0. The third-order valence-corrected chi connectivity index (χ3v) is 9.49. The number of aliphatic hydroxyl groups excluding tert-OH is 2. The number of piperidine rings is 1. The number of nitrogens with one attached hydrogen (secondary N) is 1. The lowest BCUT2D eigenvalue weighted by Gasteiger charge is -2.39. The number of likely N-dealkylation sites (tertiary alicyclic amines) is 1. The summed E-state index contributed by atoms with van der Waals surface area (Å²) in [4.78, 5) is 50.4. The van der Waals surface area contributed by atoms with Crippen molar-refractivity contribution in [2.45, 2.75) is 76.0 Å². The number of carbonyl (C=O) groups is 2. The van der Waals surface area contributed by atoms with E-state index in [0.29, 0.717) is 57.3 Å². The van der Waals surface area contributed by atoms with Crippen LogP contribution in [0.15, 0.2) is 53.6 Å². The van der Waals surface area contributed by atoms with E-state index in [2.05, 4.69) is 27.4 Å². The van der Waals surface area contributed by atoms with Crippen LogP contribution in [0.4, 0.5) is 5.82 Å². The molecule has 3 aromatic rings. The molecule has 0 bridgehead atoms. The second kappa shape index (κ2) is 12.3. The minimum absolute atomic E-state index is 0.0211. The largest absolute Gasteiger partial charge is 0.393 e. The van der Waals surface area contributed by atoms with Crippen LogP contribution in [0.5, 0.6) is 0 Å². The Morgan fingerprint density at radius 1 is 0.929 bits per heavy atom. The molecule has 2 aliphatic carbocycles. The second-order valence-electron chi connectivity index (χ2n) is 12.2. The van der Waals surface area contributed by atoms with Gasteiger partial charge in [0, 0.05) is 25.6 Å². The molecule has 42 heavy (non-hydrogen) atoms. The molecule has 10 nitrogen and oxygen atoms in total. The molecule has 2 aromatic heterocycles. The molecule has 3 aliphatic rings. The highest BCUT2D eigenvalue weighted by Gasteiger charge is 2.38. The van der Waals surface area contributed by atoms with Gasteiger partial charge in [-0.3, -0.25) is 19.0 Å². The molecular weight excluding hydrogens is 534 g/mol. The van der Waals surface area contributed by atoms with Crippen LogP contribution < -0.4 is 10.9 Å². The number of fused-ring (bicyclic) bond motifs is 1. The molecular formula is C32H39N5O5. The number of hydrogen-bond acceptors (Lipinski definition) is 7. The number of rotatable bonds is 6. The number of pyridine rings is 1. The SMILES string of the molecule is O=C(Nc1ccc2ncn(CC3CCN(C(=O)C4CCC(O)CC4c4ccccc4)CC3)c(=O)c2n1)C1CCCC1O. The molecule has 5 unspecified atom stereocenters. The Labute approximate surface area is 244 Å². The quantitative estimate of drug-likeness (QED) is 0.412. The number of carbonyl (C=O) groups excluding carboxylic acids is 2. The first-order valence-electron chi connectivity index (χ1n) is 15.2.